The van der Waals surface area contributed by atoms with E-state index >= 15 is 0 Å². The predicted octanol–water partition coefficient (Wildman–Crippen LogP) is 3.91. The van der Waals surface area contributed by atoms with Crippen LogP contribution in [0.2, 0.25) is 0 Å². The van der Waals surface area contributed by atoms with E-state index in [1.807, 2.05) is 47.6 Å². The Hall–Kier alpha value is -2.04. The number of aromatic nitrogens is 1. The highest BCUT2D eigenvalue weighted by Crippen LogP contribution is 2.10. The van der Waals surface area contributed by atoms with Crippen molar-refractivity contribution >= 4 is 6.03 Å². The van der Waals surface area contributed by atoms with E-state index in [2.05, 4.69) is 11.9 Å². The maximum atomic E-state index is 12.2. The third-order valence-electron chi connectivity index (χ3n) is 3.23. The van der Waals surface area contributed by atoms with E-state index in [0.29, 0.717) is 18.7 Å². The van der Waals surface area contributed by atoms with Gasteiger partial charge in [-0.2, -0.15) is 0 Å². The van der Waals surface area contributed by atoms with Gasteiger partial charge in [0.2, 0.25) is 0 Å². The normalized spacial score (nSPS) is 13.6. The van der Waals surface area contributed by atoms with Crippen molar-refractivity contribution in [2.45, 2.75) is 60.5 Å². The number of hydrogen-bond acceptors (Lipinski definition) is 2. The molecular formula is C18H31N3O2. The fraction of sp³-hybridized carbons (Fsp3) is 0.556. The first-order valence-corrected chi connectivity index (χ1v) is 8.43. The summed E-state index contributed by atoms with van der Waals surface area (Å²) in [6, 6.07) is 3.55. The van der Waals surface area contributed by atoms with Gasteiger partial charge in [0, 0.05) is 36.5 Å². The van der Waals surface area contributed by atoms with Crippen LogP contribution in [0.1, 0.15) is 59.6 Å². The molecule has 1 aromatic rings. The second kappa shape index (κ2) is 10.6. The zero-order chi connectivity index (χ0) is 18.0. The number of nitrogens with zero attached hydrogens (tertiary/aromatic N) is 2. The molecule has 130 valence electrons. The van der Waals surface area contributed by atoms with Crippen molar-refractivity contribution in [3.8, 4) is 0 Å². The van der Waals surface area contributed by atoms with Gasteiger partial charge in [0.05, 0.1) is 6.54 Å². The second-order valence-electron chi connectivity index (χ2n) is 5.04. The van der Waals surface area contributed by atoms with Crippen molar-refractivity contribution in [2.75, 3.05) is 6.54 Å². The van der Waals surface area contributed by atoms with E-state index in [4.69, 9.17) is 0 Å². The molecule has 23 heavy (non-hydrogen) atoms. The van der Waals surface area contributed by atoms with E-state index in [-0.39, 0.29) is 17.6 Å². The maximum Gasteiger partial charge on any atom is 0.321 e. The molecule has 5 heteroatoms. The Kier molecular flexibility index (Phi) is 9.70. The van der Waals surface area contributed by atoms with Gasteiger partial charge in [0.1, 0.15) is 0 Å². The highest BCUT2D eigenvalue weighted by atomic mass is 16.2. The molecular weight excluding hydrogens is 290 g/mol. The van der Waals surface area contributed by atoms with Gasteiger partial charge < -0.3 is 14.8 Å². The molecule has 2 rings (SSSR count). The van der Waals surface area contributed by atoms with Crippen LogP contribution in [0.15, 0.2) is 35.4 Å². The molecule has 1 N–H and O–H groups in total. The van der Waals surface area contributed by atoms with Gasteiger partial charge in [-0.1, -0.05) is 40.3 Å². The van der Waals surface area contributed by atoms with Crippen LogP contribution >= 0.6 is 0 Å². The van der Waals surface area contributed by atoms with Crippen molar-refractivity contribution in [2.24, 2.45) is 0 Å². The number of rotatable bonds is 3. The number of carbonyl (C=O) groups is 1. The lowest BCUT2D eigenvalue weighted by Crippen LogP contribution is -2.45. The molecule has 0 aromatic carbocycles. The molecule has 0 bridgehead atoms. The van der Waals surface area contributed by atoms with E-state index in [1.165, 1.54) is 0 Å². The number of hydrogen-bond donors (Lipinski definition) is 1. The summed E-state index contributed by atoms with van der Waals surface area (Å²) in [5, 5.41) is 2.69. The molecule has 0 radical (unpaired) electrons. The van der Waals surface area contributed by atoms with Crippen molar-refractivity contribution in [3.05, 3.63) is 46.5 Å². The minimum Gasteiger partial charge on any atom is -0.320 e. The van der Waals surface area contributed by atoms with E-state index < -0.39 is 0 Å². The van der Waals surface area contributed by atoms with Crippen LogP contribution in [0.25, 0.3) is 0 Å². The summed E-state index contributed by atoms with van der Waals surface area (Å²) in [5.74, 6) is 0. The second-order valence-corrected chi connectivity index (χ2v) is 5.04. The molecule has 0 saturated carbocycles. The van der Waals surface area contributed by atoms with Crippen LogP contribution in [0, 0.1) is 0 Å². The van der Waals surface area contributed by atoms with E-state index in [1.54, 1.807) is 21.7 Å². The largest absolute Gasteiger partial charge is 0.321 e. The third-order valence-corrected chi connectivity index (χ3v) is 3.23. The number of carbonyl (C=O) groups excluding carboxylic acids is 1. The van der Waals surface area contributed by atoms with Crippen LogP contribution in [0.5, 0.6) is 0 Å². The first-order valence-electron chi connectivity index (χ1n) is 8.43. The van der Waals surface area contributed by atoms with Crippen LogP contribution in [0.4, 0.5) is 4.79 Å². The number of urea groups is 1. The molecule has 0 aliphatic carbocycles. The van der Waals surface area contributed by atoms with Crippen molar-refractivity contribution in [1.82, 2.24) is 14.8 Å². The summed E-state index contributed by atoms with van der Waals surface area (Å²) >= 11 is 0. The van der Waals surface area contributed by atoms with Crippen molar-refractivity contribution < 1.29 is 4.79 Å². The van der Waals surface area contributed by atoms with E-state index in [9.17, 15) is 9.59 Å². The van der Waals surface area contributed by atoms with Gasteiger partial charge >= 0.3 is 6.03 Å². The van der Waals surface area contributed by atoms with Gasteiger partial charge in [0.25, 0.3) is 5.56 Å². The average Bonchev–Trinajstić information content (AvgIpc) is 2.55. The Bertz CT molecular complexity index is 562. The lowest BCUT2D eigenvalue weighted by atomic mass is 10.2. The topological polar surface area (TPSA) is 54.3 Å². The summed E-state index contributed by atoms with van der Waals surface area (Å²) in [7, 11) is 0. The number of amides is 2. The molecule has 0 atom stereocenters. The Balaban J connectivity index is 0.00000112. The lowest BCUT2D eigenvalue weighted by molar-refractivity contribution is 0.190. The van der Waals surface area contributed by atoms with E-state index in [0.717, 1.165) is 12.1 Å². The summed E-state index contributed by atoms with van der Waals surface area (Å²) in [5.41, 5.74) is 1.34. The minimum absolute atomic E-state index is 0.0327. The smallest absolute Gasteiger partial charge is 0.320 e. The summed E-state index contributed by atoms with van der Waals surface area (Å²) < 4.78 is 1.68. The van der Waals surface area contributed by atoms with Gasteiger partial charge in [-0.15, -0.1) is 0 Å². The lowest BCUT2D eigenvalue weighted by Gasteiger charge is -2.28. The van der Waals surface area contributed by atoms with Gasteiger partial charge in [-0.3, -0.25) is 4.79 Å². The highest BCUT2D eigenvalue weighted by molar-refractivity contribution is 5.77. The average molecular weight is 321 g/mol. The van der Waals surface area contributed by atoms with Crippen LogP contribution in [-0.4, -0.2) is 22.0 Å². The molecule has 1 fully saturated rings. The number of nitrogens with one attached hydrogen (secondary N) is 1. The van der Waals surface area contributed by atoms with Crippen LogP contribution in [0.3, 0.4) is 0 Å². The fourth-order valence-electron chi connectivity index (χ4n) is 2.10. The molecule has 0 spiro atoms. The van der Waals surface area contributed by atoms with Crippen molar-refractivity contribution in [1.29, 1.82) is 0 Å². The zero-order valence-corrected chi connectivity index (χ0v) is 15.3. The van der Waals surface area contributed by atoms with Crippen LogP contribution in [-0.2, 0) is 6.54 Å². The van der Waals surface area contributed by atoms with Gasteiger partial charge in [0.15, 0.2) is 0 Å². The molecule has 2 amide bonds. The minimum atomic E-state index is -0.185. The maximum absolute atomic E-state index is 12.2. The summed E-state index contributed by atoms with van der Waals surface area (Å²) in [6.07, 6.45) is 2.49. The molecule has 5 nitrogen and oxygen atoms in total. The SMILES string of the molecule is C=C1CCN(Cc2cccn(C(C)C)c2=O)C(=O)N1.CC.CC. The first kappa shape index (κ1) is 21.0. The molecule has 1 aliphatic rings. The fourth-order valence-corrected chi connectivity index (χ4v) is 2.10. The first-order chi connectivity index (χ1) is 11.0. The van der Waals surface area contributed by atoms with Crippen LogP contribution < -0.4 is 10.9 Å². The Morgan fingerprint density at radius 3 is 2.35 bits per heavy atom. The Morgan fingerprint density at radius 2 is 1.83 bits per heavy atom. The highest BCUT2D eigenvalue weighted by Gasteiger charge is 2.21. The summed E-state index contributed by atoms with van der Waals surface area (Å²) in [6.45, 7) is 16.6. The zero-order valence-electron chi connectivity index (χ0n) is 15.3. The standard InChI is InChI=1S/C14H19N3O2.2C2H6/c1-10(2)17-7-4-5-12(13(17)18)9-16-8-6-11(3)15-14(16)19;2*1-2/h4-5,7,10H,3,6,8-9H2,1-2H3,(H,15,19);2*1-2H3. The van der Waals surface area contributed by atoms with Gasteiger partial charge in [-0.05, 0) is 19.9 Å². The predicted molar refractivity (Wildman–Crippen MR) is 96.5 cm³/mol. The molecule has 1 saturated heterocycles. The molecule has 1 aromatic heterocycles. The Labute approximate surface area is 140 Å². The van der Waals surface area contributed by atoms with Crippen molar-refractivity contribution in [3.63, 3.8) is 0 Å². The molecule has 2 heterocycles. The number of pyridine rings is 1. The molecule has 1 aliphatic heterocycles. The summed E-state index contributed by atoms with van der Waals surface area (Å²) in [4.78, 5) is 25.7. The van der Waals surface area contributed by atoms with Gasteiger partial charge in [-0.25, -0.2) is 4.79 Å². The molecule has 0 unspecified atom stereocenters. The Morgan fingerprint density at radius 1 is 1.22 bits per heavy atom. The third kappa shape index (κ3) is 5.93. The monoisotopic (exact) mass is 321 g/mol. The quantitative estimate of drug-likeness (QED) is 0.917.